The first-order valence-electron chi connectivity index (χ1n) is 11.4. The van der Waals surface area contributed by atoms with Crippen molar-refractivity contribution in [2.75, 3.05) is 44.7 Å². The summed E-state index contributed by atoms with van der Waals surface area (Å²) in [5.41, 5.74) is 6.33. The van der Waals surface area contributed by atoms with Crippen LogP contribution in [-0.4, -0.2) is 44.7 Å². The van der Waals surface area contributed by atoms with Crippen molar-refractivity contribution < 1.29 is 9.47 Å². The van der Waals surface area contributed by atoms with Crippen LogP contribution in [0.1, 0.15) is 17.5 Å². The molecule has 3 aromatic carbocycles. The molecule has 0 spiro atoms. The first-order chi connectivity index (χ1) is 15.7. The minimum atomic E-state index is 0.598. The Bertz CT molecular complexity index is 1080. The van der Waals surface area contributed by atoms with Crippen molar-refractivity contribution in [1.29, 1.82) is 0 Å². The molecule has 2 heterocycles. The van der Waals surface area contributed by atoms with Gasteiger partial charge in [-0.05, 0) is 66.4 Å². The molecule has 4 nitrogen and oxygen atoms in total. The Morgan fingerprint density at radius 2 is 1.72 bits per heavy atom. The predicted molar refractivity (Wildman–Crippen MR) is 131 cm³/mol. The molecule has 166 valence electrons. The molecule has 1 fully saturated rings. The second-order valence-corrected chi connectivity index (χ2v) is 8.92. The minimum absolute atomic E-state index is 0.598. The van der Waals surface area contributed by atoms with E-state index in [4.69, 9.17) is 21.1 Å². The van der Waals surface area contributed by atoms with Gasteiger partial charge in [-0.1, -0.05) is 41.9 Å². The molecule has 0 aromatic heterocycles. The topological polar surface area (TPSA) is 24.9 Å². The number of halogens is 1. The van der Waals surface area contributed by atoms with Gasteiger partial charge in [-0.3, -0.25) is 4.90 Å². The number of anilines is 1. The SMILES string of the molecule is COc1ccc(CCCN2CCN(c3ccc(Cl)cc3)CC2)c2c1OCc1ccccc1-2. The highest BCUT2D eigenvalue weighted by atomic mass is 35.5. The van der Waals surface area contributed by atoms with Crippen LogP contribution < -0.4 is 14.4 Å². The number of fused-ring (bicyclic) bond motifs is 3. The number of hydrogen-bond acceptors (Lipinski definition) is 4. The van der Waals surface area contributed by atoms with Gasteiger partial charge in [-0.25, -0.2) is 0 Å². The predicted octanol–water partition coefficient (Wildman–Crippen LogP) is 5.66. The van der Waals surface area contributed by atoms with E-state index in [1.165, 1.54) is 27.9 Å². The maximum atomic E-state index is 6.12. The van der Waals surface area contributed by atoms with E-state index >= 15 is 0 Å². The molecule has 0 radical (unpaired) electrons. The van der Waals surface area contributed by atoms with Crippen molar-refractivity contribution in [1.82, 2.24) is 4.90 Å². The number of benzene rings is 3. The van der Waals surface area contributed by atoms with Gasteiger partial charge < -0.3 is 14.4 Å². The molecule has 5 heteroatoms. The van der Waals surface area contributed by atoms with E-state index in [0.717, 1.165) is 62.1 Å². The molecule has 0 amide bonds. The van der Waals surface area contributed by atoms with Crippen LogP contribution in [0, 0.1) is 0 Å². The number of nitrogens with zero attached hydrogens (tertiary/aromatic N) is 2. The molecular formula is C27H29ClN2O2. The first kappa shape index (κ1) is 21.2. The van der Waals surface area contributed by atoms with Crippen LogP contribution >= 0.6 is 11.6 Å². The molecule has 2 aliphatic rings. The summed E-state index contributed by atoms with van der Waals surface area (Å²) >= 11 is 6.03. The van der Waals surface area contributed by atoms with Crippen molar-refractivity contribution in [3.8, 4) is 22.6 Å². The summed E-state index contributed by atoms with van der Waals surface area (Å²) in [6, 6.07) is 21.0. The summed E-state index contributed by atoms with van der Waals surface area (Å²) in [4.78, 5) is 5.02. The van der Waals surface area contributed by atoms with Crippen molar-refractivity contribution in [3.63, 3.8) is 0 Å². The van der Waals surface area contributed by atoms with E-state index in [1.54, 1.807) is 7.11 Å². The van der Waals surface area contributed by atoms with Crippen LogP contribution in [0.5, 0.6) is 11.5 Å². The molecule has 5 rings (SSSR count). The Kier molecular flexibility index (Phi) is 6.24. The van der Waals surface area contributed by atoms with E-state index in [2.05, 4.69) is 52.3 Å². The summed E-state index contributed by atoms with van der Waals surface area (Å²) in [5, 5.41) is 0.793. The summed E-state index contributed by atoms with van der Waals surface area (Å²) in [6.45, 7) is 6.00. The maximum Gasteiger partial charge on any atom is 0.169 e. The summed E-state index contributed by atoms with van der Waals surface area (Å²) in [7, 11) is 1.71. The Balaban J connectivity index is 1.23. The Labute approximate surface area is 195 Å². The largest absolute Gasteiger partial charge is 0.493 e. The average Bonchev–Trinajstić information content (AvgIpc) is 2.85. The van der Waals surface area contributed by atoms with Gasteiger partial charge in [0.1, 0.15) is 6.61 Å². The van der Waals surface area contributed by atoms with Crippen LogP contribution in [0.15, 0.2) is 60.7 Å². The van der Waals surface area contributed by atoms with Gasteiger partial charge in [-0.2, -0.15) is 0 Å². The summed E-state index contributed by atoms with van der Waals surface area (Å²) in [6.07, 6.45) is 2.16. The normalized spacial score (nSPS) is 15.6. The number of ether oxygens (including phenoxy) is 2. The number of piperazine rings is 1. The molecule has 2 aliphatic heterocycles. The third-order valence-corrected chi connectivity index (χ3v) is 6.82. The lowest BCUT2D eigenvalue weighted by molar-refractivity contribution is 0.255. The quantitative estimate of drug-likeness (QED) is 0.485. The number of hydrogen-bond donors (Lipinski definition) is 0. The third kappa shape index (κ3) is 4.30. The second-order valence-electron chi connectivity index (χ2n) is 8.49. The molecular weight excluding hydrogens is 420 g/mol. The Morgan fingerprint density at radius 3 is 2.50 bits per heavy atom. The monoisotopic (exact) mass is 448 g/mol. The van der Waals surface area contributed by atoms with Crippen LogP contribution in [0.25, 0.3) is 11.1 Å². The fraction of sp³-hybridized carbons (Fsp3) is 0.333. The molecule has 0 saturated carbocycles. The number of methoxy groups -OCH3 is 1. The van der Waals surface area contributed by atoms with Gasteiger partial charge in [0.25, 0.3) is 0 Å². The summed E-state index contributed by atoms with van der Waals surface area (Å²) < 4.78 is 11.7. The zero-order valence-corrected chi connectivity index (χ0v) is 19.3. The lowest BCUT2D eigenvalue weighted by Gasteiger charge is -2.36. The first-order valence-corrected chi connectivity index (χ1v) is 11.7. The smallest absolute Gasteiger partial charge is 0.169 e. The highest BCUT2D eigenvalue weighted by Gasteiger charge is 2.24. The molecule has 0 bridgehead atoms. The van der Waals surface area contributed by atoms with Gasteiger partial charge in [0.15, 0.2) is 11.5 Å². The molecule has 0 N–H and O–H groups in total. The van der Waals surface area contributed by atoms with Crippen molar-refractivity contribution >= 4 is 17.3 Å². The minimum Gasteiger partial charge on any atom is -0.493 e. The van der Waals surface area contributed by atoms with Gasteiger partial charge in [0.2, 0.25) is 0 Å². The molecule has 1 saturated heterocycles. The Hall–Kier alpha value is -2.69. The maximum absolute atomic E-state index is 6.12. The lowest BCUT2D eigenvalue weighted by Crippen LogP contribution is -2.46. The van der Waals surface area contributed by atoms with Crippen LogP contribution in [-0.2, 0) is 13.0 Å². The molecule has 32 heavy (non-hydrogen) atoms. The standard InChI is InChI=1S/C27H29ClN2O2/c1-31-25-13-8-20(26-24-7-3-2-5-21(24)19-32-27(25)26)6-4-14-29-15-17-30(18-16-29)23-11-9-22(28)10-12-23/h2-3,5,7-13H,4,6,14-19H2,1H3. The zero-order chi connectivity index (χ0) is 21.9. The van der Waals surface area contributed by atoms with Crippen LogP contribution in [0.4, 0.5) is 5.69 Å². The third-order valence-electron chi connectivity index (χ3n) is 6.57. The second kappa shape index (κ2) is 9.43. The summed E-state index contributed by atoms with van der Waals surface area (Å²) in [5.74, 6) is 1.71. The van der Waals surface area contributed by atoms with E-state index in [9.17, 15) is 0 Å². The molecule has 3 aromatic rings. The highest BCUT2D eigenvalue weighted by Crippen LogP contribution is 2.45. The number of rotatable bonds is 6. The fourth-order valence-electron chi connectivity index (χ4n) is 4.83. The molecule has 0 unspecified atom stereocenters. The van der Waals surface area contributed by atoms with E-state index in [1.807, 2.05) is 18.2 Å². The van der Waals surface area contributed by atoms with Gasteiger partial charge >= 0.3 is 0 Å². The zero-order valence-electron chi connectivity index (χ0n) is 18.5. The molecule has 0 atom stereocenters. The van der Waals surface area contributed by atoms with E-state index in [-0.39, 0.29) is 0 Å². The van der Waals surface area contributed by atoms with E-state index < -0.39 is 0 Å². The van der Waals surface area contributed by atoms with Crippen molar-refractivity contribution in [2.24, 2.45) is 0 Å². The van der Waals surface area contributed by atoms with Gasteiger partial charge in [0, 0.05) is 42.5 Å². The van der Waals surface area contributed by atoms with Gasteiger partial charge in [0.05, 0.1) is 7.11 Å². The average molecular weight is 449 g/mol. The van der Waals surface area contributed by atoms with E-state index in [0.29, 0.717) is 6.61 Å². The van der Waals surface area contributed by atoms with Crippen molar-refractivity contribution in [3.05, 3.63) is 76.8 Å². The number of aryl methyl sites for hydroxylation is 1. The van der Waals surface area contributed by atoms with Gasteiger partial charge in [-0.15, -0.1) is 0 Å². The Morgan fingerprint density at radius 1 is 0.938 bits per heavy atom. The van der Waals surface area contributed by atoms with Crippen LogP contribution in [0.2, 0.25) is 5.02 Å². The van der Waals surface area contributed by atoms with Crippen LogP contribution in [0.3, 0.4) is 0 Å². The fourth-order valence-corrected chi connectivity index (χ4v) is 4.95. The van der Waals surface area contributed by atoms with Crippen molar-refractivity contribution in [2.45, 2.75) is 19.4 Å². The molecule has 0 aliphatic carbocycles. The highest BCUT2D eigenvalue weighted by molar-refractivity contribution is 6.30. The lowest BCUT2D eigenvalue weighted by atomic mass is 9.90.